The molecule has 0 N–H and O–H groups in total. The van der Waals surface area contributed by atoms with Gasteiger partial charge in [0.05, 0.1) is 30.7 Å². The minimum absolute atomic E-state index is 0.0767. The minimum atomic E-state index is 0.0767. The molecule has 1 fully saturated rings. The summed E-state index contributed by atoms with van der Waals surface area (Å²) in [5.74, 6) is 0.907. The van der Waals surface area contributed by atoms with E-state index in [9.17, 15) is 4.79 Å². The van der Waals surface area contributed by atoms with Crippen LogP contribution in [0.1, 0.15) is 30.1 Å². The lowest BCUT2D eigenvalue weighted by molar-refractivity contribution is -0.138. The van der Waals surface area contributed by atoms with Crippen molar-refractivity contribution in [2.45, 2.75) is 31.3 Å². The summed E-state index contributed by atoms with van der Waals surface area (Å²) in [6, 6.07) is 8.28. The molecule has 6 nitrogen and oxygen atoms in total. The summed E-state index contributed by atoms with van der Waals surface area (Å²) in [5.41, 5.74) is 3.41. The van der Waals surface area contributed by atoms with Crippen molar-refractivity contribution in [3.8, 4) is 11.4 Å². The van der Waals surface area contributed by atoms with Crippen LogP contribution in [0.25, 0.3) is 5.69 Å². The van der Waals surface area contributed by atoms with Gasteiger partial charge in [-0.25, -0.2) is 4.68 Å². The Labute approximate surface area is 141 Å². The predicted octanol–water partition coefficient (Wildman–Crippen LogP) is 2.12. The summed E-state index contributed by atoms with van der Waals surface area (Å²) in [6.45, 7) is 0.148. The van der Waals surface area contributed by atoms with Crippen molar-refractivity contribution in [3.63, 3.8) is 0 Å². The topological polar surface area (TPSA) is 56.6 Å². The monoisotopic (exact) mass is 327 g/mol. The number of carbonyl (C=O) groups excluding carboxylic acids is 1. The number of carbonyl (C=O) groups is 1. The molecule has 0 radical (unpaired) electrons. The van der Waals surface area contributed by atoms with E-state index < -0.39 is 0 Å². The van der Waals surface area contributed by atoms with Gasteiger partial charge in [-0.2, -0.15) is 5.10 Å². The van der Waals surface area contributed by atoms with Crippen LogP contribution in [0.15, 0.2) is 30.5 Å². The molecule has 6 heteroatoms. The molecule has 1 saturated heterocycles. The van der Waals surface area contributed by atoms with Gasteiger partial charge in [-0.05, 0) is 37.1 Å². The zero-order valence-corrected chi connectivity index (χ0v) is 13.9. The number of aromatic nitrogens is 2. The molecule has 2 aromatic rings. The minimum Gasteiger partial charge on any atom is -0.497 e. The first kappa shape index (κ1) is 15.2. The van der Waals surface area contributed by atoms with Crippen LogP contribution in [0.5, 0.6) is 5.75 Å². The highest BCUT2D eigenvalue weighted by Gasteiger charge is 2.44. The van der Waals surface area contributed by atoms with E-state index in [0.29, 0.717) is 0 Å². The number of fused-ring (bicyclic) bond motifs is 4. The number of hydrogen-bond donors (Lipinski definition) is 0. The lowest BCUT2D eigenvalue weighted by Crippen LogP contribution is -2.43. The zero-order valence-electron chi connectivity index (χ0n) is 13.9. The number of nitrogens with zero attached hydrogens (tertiary/aromatic N) is 3. The van der Waals surface area contributed by atoms with Crippen molar-refractivity contribution in [2.24, 2.45) is 0 Å². The van der Waals surface area contributed by atoms with E-state index in [-0.39, 0.29) is 24.6 Å². The van der Waals surface area contributed by atoms with Crippen LogP contribution in [-0.4, -0.2) is 47.5 Å². The lowest BCUT2D eigenvalue weighted by Gasteiger charge is -2.35. The molecule has 24 heavy (non-hydrogen) atoms. The Balaban J connectivity index is 1.68. The number of benzene rings is 1. The van der Waals surface area contributed by atoms with Gasteiger partial charge in [0.2, 0.25) is 5.91 Å². The molecule has 126 valence electrons. The van der Waals surface area contributed by atoms with Crippen LogP contribution in [0.3, 0.4) is 0 Å². The number of rotatable bonds is 4. The highest BCUT2D eigenvalue weighted by Crippen LogP contribution is 2.44. The summed E-state index contributed by atoms with van der Waals surface area (Å²) < 4.78 is 12.3. The molecule has 2 aliphatic heterocycles. The van der Waals surface area contributed by atoms with Crippen LogP contribution < -0.4 is 4.74 Å². The molecule has 2 bridgehead atoms. The second-order valence-corrected chi connectivity index (χ2v) is 6.34. The van der Waals surface area contributed by atoms with E-state index in [0.717, 1.165) is 30.7 Å². The third kappa shape index (κ3) is 2.29. The number of methoxy groups -OCH3 is 2. The molecule has 0 saturated carbocycles. The van der Waals surface area contributed by atoms with E-state index in [1.807, 2.05) is 40.0 Å². The maximum absolute atomic E-state index is 12.4. The number of hydrogen-bond acceptors (Lipinski definition) is 4. The largest absolute Gasteiger partial charge is 0.497 e. The van der Waals surface area contributed by atoms with Gasteiger partial charge in [0.25, 0.3) is 0 Å². The first-order valence-corrected chi connectivity index (χ1v) is 8.24. The maximum atomic E-state index is 12.4. The van der Waals surface area contributed by atoms with Crippen molar-refractivity contribution in [1.82, 2.24) is 14.7 Å². The molecule has 1 amide bonds. The van der Waals surface area contributed by atoms with E-state index in [1.54, 1.807) is 14.2 Å². The quantitative estimate of drug-likeness (QED) is 0.863. The van der Waals surface area contributed by atoms with Gasteiger partial charge < -0.3 is 14.4 Å². The fourth-order valence-corrected chi connectivity index (χ4v) is 4.00. The highest BCUT2D eigenvalue weighted by atomic mass is 16.5. The average molecular weight is 327 g/mol. The molecule has 2 atom stereocenters. The smallest absolute Gasteiger partial charge is 0.249 e. The first-order valence-electron chi connectivity index (χ1n) is 8.24. The van der Waals surface area contributed by atoms with E-state index >= 15 is 0 Å². The van der Waals surface area contributed by atoms with Gasteiger partial charge in [-0.3, -0.25) is 4.79 Å². The Kier molecular flexibility index (Phi) is 3.76. The summed E-state index contributed by atoms with van der Waals surface area (Å²) in [6.07, 6.45) is 4.80. The second-order valence-electron chi connectivity index (χ2n) is 6.34. The molecular weight excluding hydrogens is 306 g/mol. The molecule has 4 rings (SSSR count). The summed E-state index contributed by atoms with van der Waals surface area (Å²) in [5, 5.41) is 4.59. The average Bonchev–Trinajstić information content (AvgIpc) is 3.17. The molecule has 0 spiro atoms. The van der Waals surface area contributed by atoms with Gasteiger partial charge in [0.15, 0.2) is 0 Å². The van der Waals surface area contributed by atoms with Crippen molar-refractivity contribution < 1.29 is 14.3 Å². The standard InChI is InChI=1S/C18H21N3O3/c1-23-11-18(22)20-13-5-8-16(20)15-10-19-21(17(15)9-13)12-3-6-14(24-2)7-4-12/h3-4,6-7,10,13,16H,5,8-9,11H2,1-2H3/t13-,16+/m0/s1. The van der Waals surface area contributed by atoms with Crippen molar-refractivity contribution in [2.75, 3.05) is 20.8 Å². The summed E-state index contributed by atoms with van der Waals surface area (Å²) >= 11 is 0. The maximum Gasteiger partial charge on any atom is 0.249 e. The predicted molar refractivity (Wildman–Crippen MR) is 88.3 cm³/mol. The van der Waals surface area contributed by atoms with E-state index in [1.165, 1.54) is 11.3 Å². The third-order valence-corrected chi connectivity index (χ3v) is 5.06. The lowest BCUT2D eigenvalue weighted by atomic mass is 10.00. The van der Waals surface area contributed by atoms with Gasteiger partial charge in [0.1, 0.15) is 12.4 Å². The molecule has 2 aliphatic rings. The second kappa shape index (κ2) is 5.94. The molecule has 0 unspecified atom stereocenters. The number of ether oxygens (including phenoxy) is 2. The normalized spacial score (nSPS) is 21.7. The Bertz CT molecular complexity index is 753. The Hall–Kier alpha value is -2.34. The highest BCUT2D eigenvalue weighted by molar-refractivity contribution is 5.79. The van der Waals surface area contributed by atoms with Crippen molar-refractivity contribution >= 4 is 5.91 Å². The van der Waals surface area contributed by atoms with Gasteiger partial charge in [-0.15, -0.1) is 0 Å². The van der Waals surface area contributed by atoms with Gasteiger partial charge in [-0.1, -0.05) is 0 Å². The Morgan fingerprint density at radius 1 is 1.25 bits per heavy atom. The van der Waals surface area contributed by atoms with Gasteiger partial charge >= 0.3 is 0 Å². The van der Waals surface area contributed by atoms with Crippen molar-refractivity contribution in [3.05, 3.63) is 41.7 Å². The number of amides is 1. The van der Waals surface area contributed by atoms with Gasteiger partial charge in [0, 0.05) is 25.1 Å². The molecule has 1 aromatic heterocycles. The summed E-state index contributed by atoms with van der Waals surface area (Å²) in [4.78, 5) is 14.4. The van der Waals surface area contributed by atoms with E-state index in [4.69, 9.17) is 9.47 Å². The van der Waals surface area contributed by atoms with Crippen LogP contribution >= 0.6 is 0 Å². The first-order chi connectivity index (χ1) is 11.7. The van der Waals surface area contributed by atoms with Crippen LogP contribution in [0.2, 0.25) is 0 Å². The van der Waals surface area contributed by atoms with E-state index in [2.05, 4.69) is 5.10 Å². The SMILES string of the molecule is COCC(=O)N1[C@H]2CC[C@@H]1c1cnn(-c3ccc(OC)cc3)c1C2. The molecule has 3 heterocycles. The molecule has 1 aromatic carbocycles. The fourth-order valence-electron chi connectivity index (χ4n) is 4.00. The van der Waals surface area contributed by atoms with Crippen molar-refractivity contribution in [1.29, 1.82) is 0 Å². The fraction of sp³-hybridized carbons (Fsp3) is 0.444. The zero-order chi connectivity index (χ0) is 16.7. The third-order valence-electron chi connectivity index (χ3n) is 5.06. The molecule has 0 aliphatic carbocycles. The van der Waals surface area contributed by atoms with Crippen LogP contribution in [-0.2, 0) is 16.0 Å². The van der Waals surface area contributed by atoms with Crippen LogP contribution in [0, 0.1) is 0 Å². The summed E-state index contributed by atoms with van der Waals surface area (Å²) in [7, 11) is 3.23. The Morgan fingerprint density at radius 2 is 2.04 bits per heavy atom. The Morgan fingerprint density at radius 3 is 2.75 bits per heavy atom. The molecular formula is C18H21N3O3. The van der Waals surface area contributed by atoms with Crippen LogP contribution in [0.4, 0.5) is 0 Å².